The van der Waals surface area contributed by atoms with E-state index >= 15 is 0 Å². The zero-order valence-corrected chi connectivity index (χ0v) is 13.5. The fourth-order valence-corrected chi connectivity index (χ4v) is 2.27. The molecule has 7 heteroatoms. The number of amides is 1. The van der Waals surface area contributed by atoms with Gasteiger partial charge in [-0.05, 0) is 36.8 Å². The van der Waals surface area contributed by atoms with Gasteiger partial charge in [0.2, 0.25) is 0 Å². The van der Waals surface area contributed by atoms with Crippen LogP contribution in [0, 0.1) is 0 Å². The lowest BCUT2D eigenvalue weighted by molar-refractivity contribution is -0.137. The molecule has 2 aromatic carbocycles. The van der Waals surface area contributed by atoms with Crippen molar-refractivity contribution in [1.29, 1.82) is 0 Å². The molecule has 0 radical (unpaired) electrons. The summed E-state index contributed by atoms with van der Waals surface area (Å²) in [6.45, 7) is 1.62. The van der Waals surface area contributed by atoms with Crippen molar-refractivity contribution >= 4 is 23.1 Å². The van der Waals surface area contributed by atoms with Gasteiger partial charge in [0.1, 0.15) is 4.99 Å². The Morgan fingerprint density at radius 2 is 1.71 bits per heavy atom. The minimum absolute atomic E-state index is 0.222. The lowest BCUT2D eigenvalue weighted by atomic mass is 10.0. The average molecular weight is 352 g/mol. The number of hydrogen-bond acceptors (Lipinski definition) is 2. The highest BCUT2D eigenvalue weighted by Crippen LogP contribution is 2.30. The number of carbonyl (C=O) groups excluding carboxylic acids is 1. The van der Waals surface area contributed by atoms with Crippen molar-refractivity contribution in [2.24, 2.45) is 5.73 Å². The fourth-order valence-electron chi connectivity index (χ4n) is 2.13. The third-order valence-electron chi connectivity index (χ3n) is 3.49. The summed E-state index contributed by atoms with van der Waals surface area (Å²) in [7, 11) is 0. The van der Waals surface area contributed by atoms with Crippen LogP contribution in [0.25, 0.3) is 0 Å². The lowest BCUT2D eigenvalue weighted by Gasteiger charge is -2.16. The SMILES string of the molecule is CC(NC(=O)c1ccc(C(N)=S)cc1)c1cccc(C(F)(F)F)c1. The standard InChI is InChI=1S/C17H15F3N2OS/c1-10(13-3-2-4-14(9-13)17(18,19)20)22-16(23)12-7-5-11(6-8-12)15(21)24/h2-10H,1H3,(H2,21,24)(H,22,23). The van der Waals surface area contributed by atoms with E-state index in [1.54, 1.807) is 31.2 Å². The van der Waals surface area contributed by atoms with Crippen LogP contribution in [-0.2, 0) is 6.18 Å². The van der Waals surface area contributed by atoms with Gasteiger partial charge in [-0.2, -0.15) is 13.2 Å². The first kappa shape index (κ1) is 17.9. The molecule has 0 bridgehead atoms. The van der Waals surface area contributed by atoms with Crippen LogP contribution in [0.2, 0.25) is 0 Å². The maximum Gasteiger partial charge on any atom is 0.416 e. The maximum atomic E-state index is 12.8. The highest BCUT2D eigenvalue weighted by atomic mass is 32.1. The van der Waals surface area contributed by atoms with Gasteiger partial charge in [0.25, 0.3) is 5.91 Å². The number of nitrogens with two attached hydrogens (primary N) is 1. The highest BCUT2D eigenvalue weighted by molar-refractivity contribution is 7.80. The Bertz CT molecular complexity index is 757. The molecule has 0 aliphatic heterocycles. The van der Waals surface area contributed by atoms with Crippen LogP contribution < -0.4 is 11.1 Å². The third-order valence-corrected chi connectivity index (χ3v) is 3.73. The van der Waals surface area contributed by atoms with Gasteiger partial charge in [-0.25, -0.2) is 0 Å². The Balaban J connectivity index is 2.12. The maximum absolute atomic E-state index is 12.8. The van der Waals surface area contributed by atoms with Crippen molar-refractivity contribution in [1.82, 2.24) is 5.32 Å². The molecule has 0 fully saturated rings. The summed E-state index contributed by atoms with van der Waals surface area (Å²) in [5.74, 6) is -0.394. The molecule has 0 aliphatic rings. The Labute approximate surface area is 142 Å². The monoisotopic (exact) mass is 352 g/mol. The van der Waals surface area contributed by atoms with E-state index in [0.717, 1.165) is 12.1 Å². The van der Waals surface area contributed by atoms with E-state index in [9.17, 15) is 18.0 Å². The summed E-state index contributed by atoms with van der Waals surface area (Å²) in [5, 5.41) is 2.67. The van der Waals surface area contributed by atoms with Gasteiger partial charge >= 0.3 is 6.18 Å². The van der Waals surface area contributed by atoms with E-state index in [1.807, 2.05) is 0 Å². The van der Waals surface area contributed by atoms with E-state index in [1.165, 1.54) is 12.1 Å². The van der Waals surface area contributed by atoms with Crippen LogP contribution >= 0.6 is 12.2 Å². The predicted octanol–water partition coefficient (Wildman–Crippen LogP) is 3.83. The number of benzene rings is 2. The van der Waals surface area contributed by atoms with Crippen molar-refractivity contribution in [3.8, 4) is 0 Å². The number of carbonyl (C=O) groups is 1. The normalized spacial score (nSPS) is 12.5. The van der Waals surface area contributed by atoms with Crippen LogP contribution in [0.4, 0.5) is 13.2 Å². The van der Waals surface area contributed by atoms with Gasteiger partial charge < -0.3 is 11.1 Å². The number of hydrogen-bond donors (Lipinski definition) is 2. The van der Waals surface area contributed by atoms with Gasteiger partial charge in [0, 0.05) is 11.1 Å². The summed E-state index contributed by atoms with van der Waals surface area (Å²) in [5.41, 5.74) is 6.11. The van der Waals surface area contributed by atoms with Crippen LogP contribution in [0.15, 0.2) is 48.5 Å². The topological polar surface area (TPSA) is 55.1 Å². The quantitative estimate of drug-likeness (QED) is 0.823. The number of rotatable bonds is 4. The third kappa shape index (κ3) is 4.32. The van der Waals surface area contributed by atoms with Crippen molar-refractivity contribution in [2.75, 3.05) is 0 Å². The first-order valence-electron chi connectivity index (χ1n) is 7.06. The van der Waals surface area contributed by atoms with Gasteiger partial charge in [0.05, 0.1) is 11.6 Å². The summed E-state index contributed by atoms with van der Waals surface area (Å²) in [4.78, 5) is 12.4. The molecule has 1 unspecified atom stereocenters. The number of alkyl halides is 3. The van der Waals surface area contributed by atoms with Crippen LogP contribution in [0.3, 0.4) is 0 Å². The van der Waals surface area contributed by atoms with Crippen LogP contribution in [0.5, 0.6) is 0 Å². The molecule has 2 aromatic rings. The lowest BCUT2D eigenvalue weighted by Crippen LogP contribution is -2.27. The molecule has 24 heavy (non-hydrogen) atoms. The Morgan fingerprint density at radius 1 is 1.12 bits per heavy atom. The molecule has 2 rings (SSSR count). The average Bonchev–Trinajstić information content (AvgIpc) is 2.54. The summed E-state index contributed by atoms with van der Waals surface area (Å²) >= 11 is 4.83. The first-order chi connectivity index (χ1) is 11.2. The Hall–Kier alpha value is -2.41. The van der Waals surface area contributed by atoms with Gasteiger partial charge in [0.15, 0.2) is 0 Å². The largest absolute Gasteiger partial charge is 0.416 e. The predicted molar refractivity (Wildman–Crippen MR) is 89.7 cm³/mol. The second-order valence-corrected chi connectivity index (χ2v) is 5.70. The molecule has 1 atom stereocenters. The summed E-state index contributed by atoms with van der Waals surface area (Å²) in [6, 6.07) is 10.7. The Kier molecular flexibility index (Phi) is 5.23. The van der Waals surface area contributed by atoms with E-state index < -0.39 is 23.7 Å². The molecule has 0 spiro atoms. The number of thiocarbonyl (C=S) groups is 1. The molecular weight excluding hydrogens is 337 g/mol. The summed E-state index contributed by atoms with van der Waals surface area (Å²) in [6.07, 6.45) is -4.42. The van der Waals surface area contributed by atoms with Crippen molar-refractivity contribution in [3.05, 3.63) is 70.8 Å². The molecule has 0 saturated heterocycles. The van der Waals surface area contributed by atoms with E-state index in [4.69, 9.17) is 18.0 Å². The molecule has 126 valence electrons. The molecule has 0 aromatic heterocycles. The van der Waals surface area contributed by atoms with Crippen LogP contribution in [0.1, 0.15) is 40.0 Å². The van der Waals surface area contributed by atoms with Crippen molar-refractivity contribution < 1.29 is 18.0 Å². The van der Waals surface area contributed by atoms with Crippen molar-refractivity contribution in [3.63, 3.8) is 0 Å². The van der Waals surface area contributed by atoms with Crippen molar-refractivity contribution in [2.45, 2.75) is 19.1 Å². The molecule has 0 heterocycles. The van der Waals surface area contributed by atoms with Gasteiger partial charge in [-0.1, -0.05) is 36.5 Å². The summed E-state index contributed by atoms with van der Waals surface area (Å²) < 4.78 is 38.3. The second-order valence-electron chi connectivity index (χ2n) is 5.26. The van der Waals surface area contributed by atoms with Gasteiger partial charge in [-0.15, -0.1) is 0 Å². The van der Waals surface area contributed by atoms with Gasteiger partial charge in [-0.3, -0.25) is 4.79 Å². The zero-order valence-electron chi connectivity index (χ0n) is 12.7. The molecule has 0 aliphatic carbocycles. The van der Waals surface area contributed by atoms with E-state index in [0.29, 0.717) is 16.7 Å². The number of halogens is 3. The minimum atomic E-state index is -4.42. The Morgan fingerprint density at radius 3 is 2.25 bits per heavy atom. The molecular formula is C17H15F3N2OS. The fraction of sp³-hybridized carbons (Fsp3) is 0.176. The highest BCUT2D eigenvalue weighted by Gasteiger charge is 2.30. The first-order valence-corrected chi connectivity index (χ1v) is 7.47. The zero-order chi connectivity index (χ0) is 17.9. The smallest absolute Gasteiger partial charge is 0.389 e. The molecule has 1 amide bonds. The molecule has 3 nitrogen and oxygen atoms in total. The van der Waals surface area contributed by atoms with E-state index in [2.05, 4.69) is 5.32 Å². The minimum Gasteiger partial charge on any atom is -0.389 e. The molecule has 3 N–H and O–H groups in total. The number of nitrogens with one attached hydrogen (secondary N) is 1. The molecule has 0 saturated carbocycles. The van der Waals surface area contributed by atoms with E-state index in [-0.39, 0.29) is 4.99 Å². The van der Waals surface area contributed by atoms with Crippen LogP contribution in [-0.4, -0.2) is 10.9 Å². The second kappa shape index (κ2) is 7.00.